The van der Waals surface area contributed by atoms with Gasteiger partial charge in [0.25, 0.3) is 0 Å². The number of hydrogen-bond acceptors (Lipinski definition) is 2. The van der Waals surface area contributed by atoms with Crippen LogP contribution in [0, 0.1) is 11.8 Å². The topological polar surface area (TPSA) is 15.3 Å². The molecule has 0 aromatic rings. The van der Waals surface area contributed by atoms with E-state index in [2.05, 4.69) is 31.0 Å². The first kappa shape index (κ1) is 14.8. The molecule has 1 heterocycles. The van der Waals surface area contributed by atoms with E-state index in [1.54, 1.807) is 0 Å². The quantitative estimate of drug-likeness (QED) is 0.844. The van der Waals surface area contributed by atoms with E-state index in [4.69, 9.17) is 0 Å². The van der Waals surface area contributed by atoms with Crippen LogP contribution < -0.4 is 5.32 Å². The van der Waals surface area contributed by atoms with Crippen LogP contribution in [-0.2, 0) is 0 Å². The van der Waals surface area contributed by atoms with Gasteiger partial charge in [-0.15, -0.1) is 0 Å². The van der Waals surface area contributed by atoms with Crippen molar-refractivity contribution >= 4 is 0 Å². The van der Waals surface area contributed by atoms with Crippen LogP contribution >= 0.6 is 0 Å². The van der Waals surface area contributed by atoms with Crippen molar-refractivity contribution in [2.75, 3.05) is 13.1 Å². The molecule has 2 saturated carbocycles. The van der Waals surface area contributed by atoms with Crippen LogP contribution in [0.3, 0.4) is 0 Å². The molecule has 2 heteroatoms. The minimum absolute atomic E-state index is 0.354. The average molecular weight is 278 g/mol. The van der Waals surface area contributed by atoms with Crippen LogP contribution in [-0.4, -0.2) is 35.6 Å². The number of piperidine rings is 1. The molecule has 2 unspecified atom stereocenters. The van der Waals surface area contributed by atoms with Gasteiger partial charge in [0, 0.05) is 30.7 Å². The fourth-order valence-electron chi connectivity index (χ4n) is 4.43. The minimum atomic E-state index is 0.354. The molecule has 0 spiro atoms. The van der Waals surface area contributed by atoms with Gasteiger partial charge < -0.3 is 5.32 Å². The highest BCUT2D eigenvalue weighted by molar-refractivity contribution is 4.91. The van der Waals surface area contributed by atoms with E-state index in [-0.39, 0.29) is 0 Å². The van der Waals surface area contributed by atoms with E-state index in [1.807, 2.05) is 0 Å². The van der Waals surface area contributed by atoms with Crippen molar-refractivity contribution in [1.29, 1.82) is 0 Å². The smallest absolute Gasteiger partial charge is 0.0125 e. The van der Waals surface area contributed by atoms with Crippen molar-refractivity contribution in [1.82, 2.24) is 10.2 Å². The van der Waals surface area contributed by atoms with Gasteiger partial charge >= 0.3 is 0 Å². The third-order valence-corrected chi connectivity index (χ3v) is 5.92. The summed E-state index contributed by atoms with van der Waals surface area (Å²) in [6.45, 7) is 9.60. The van der Waals surface area contributed by atoms with Crippen molar-refractivity contribution in [3.8, 4) is 0 Å². The Balaban J connectivity index is 1.42. The van der Waals surface area contributed by atoms with Crippen molar-refractivity contribution in [2.24, 2.45) is 11.8 Å². The average Bonchev–Trinajstić information content (AvgIpc) is 3.23. The monoisotopic (exact) mass is 278 g/mol. The second-order valence-electron chi connectivity index (χ2n) is 8.56. The molecule has 3 aliphatic rings. The van der Waals surface area contributed by atoms with Crippen molar-refractivity contribution in [3.63, 3.8) is 0 Å². The van der Waals surface area contributed by atoms with Gasteiger partial charge in [-0.1, -0.05) is 12.8 Å². The molecule has 0 aromatic heterocycles. The molecule has 2 aliphatic carbocycles. The van der Waals surface area contributed by atoms with Gasteiger partial charge in [-0.05, 0) is 71.1 Å². The first-order valence-corrected chi connectivity index (χ1v) is 9.03. The summed E-state index contributed by atoms with van der Waals surface area (Å²) in [5, 5.41) is 4.02. The van der Waals surface area contributed by atoms with Crippen LogP contribution in [0.1, 0.15) is 72.1 Å². The molecular weight excluding hydrogens is 244 g/mol. The van der Waals surface area contributed by atoms with Gasteiger partial charge in [0.15, 0.2) is 0 Å². The SMILES string of the molecule is CC(C)(C)N1CCC(NC2CCCC(C3CC3)C2)CC1. The molecular formula is C18H34N2. The first-order valence-electron chi connectivity index (χ1n) is 9.03. The molecule has 2 nitrogen and oxygen atoms in total. The summed E-state index contributed by atoms with van der Waals surface area (Å²) in [7, 11) is 0. The zero-order valence-corrected chi connectivity index (χ0v) is 13.8. The Morgan fingerprint density at radius 1 is 0.800 bits per heavy atom. The van der Waals surface area contributed by atoms with Crippen LogP contribution in [0.25, 0.3) is 0 Å². The lowest BCUT2D eigenvalue weighted by molar-refractivity contribution is 0.0904. The highest BCUT2D eigenvalue weighted by Gasteiger charge is 2.35. The Hall–Kier alpha value is -0.0800. The number of nitrogens with zero attached hydrogens (tertiary/aromatic N) is 1. The van der Waals surface area contributed by atoms with Gasteiger partial charge in [0.05, 0.1) is 0 Å². The summed E-state index contributed by atoms with van der Waals surface area (Å²) in [4.78, 5) is 2.65. The predicted molar refractivity (Wildman–Crippen MR) is 86.0 cm³/mol. The second kappa shape index (κ2) is 5.96. The van der Waals surface area contributed by atoms with Crippen LogP contribution in [0.5, 0.6) is 0 Å². The van der Waals surface area contributed by atoms with Gasteiger partial charge in [0.1, 0.15) is 0 Å². The van der Waals surface area contributed by atoms with Crippen LogP contribution in [0.2, 0.25) is 0 Å². The van der Waals surface area contributed by atoms with E-state index in [0.29, 0.717) is 5.54 Å². The lowest BCUT2D eigenvalue weighted by Crippen LogP contribution is -2.52. The Labute approximate surface area is 125 Å². The van der Waals surface area contributed by atoms with Gasteiger partial charge in [-0.2, -0.15) is 0 Å². The molecule has 1 saturated heterocycles. The zero-order chi connectivity index (χ0) is 14.2. The summed E-state index contributed by atoms with van der Waals surface area (Å²) in [6, 6.07) is 1.62. The Bertz CT molecular complexity index is 308. The molecule has 0 bridgehead atoms. The second-order valence-corrected chi connectivity index (χ2v) is 8.56. The highest BCUT2D eigenvalue weighted by Crippen LogP contribution is 2.44. The maximum atomic E-state index is 4.02. The lowest BCUT2D eigenvalue weighted by Gasteiger charge is -2.42. The van der Waals surface area contributed by atoms with Gasteiger partial charge in [-0.25, -0.2) is 0 Å². The van der Waals surface area contributed by atoms with E-state index in [9.17, 15) is 0 Å². The number of rotatable bonds is 3. The van der Waals surface area contributed by atoms with Gasteiger partial charge in [-0.3, -0.25) is 4.90 Å². The van der Waals surface area contributed by atoms with Crippen LogP contribution in [0.4, 0.5) is 0 Å². The van der Waals surface area contributed by atoms with E-state index >= 15 is 0 Å². The molecule has 2 atom stereocenters. The summed E-state index contributed by atoms with van der Waals surface area (Å²) < 4.78 is 0. The fraction of sp³-hybridized carbons (Fsp3) is 1.00. The molecule has 0 aromatic carbocycles. The molecule has 116 valence electrons. The third kappa shape index (κ3) is 3.76. The van der Waals surface area contributed by atoms with Crippen molar-refractivity contribution in [2.45, 2.75) is 89.8 Å². The van der Waals surface area contributed by atoms with E-state index in [0.717, 1.165) is 23.9 Å². The maximum absolute atomic E-state index is 4.02. The Kier molecular flexibility index (Phi) is 4.42. The largest absolute Gasteiger partial charge is 0.311 e. The fourth-order valence-corrected chi connectivity index (χ4v) is 4.43. The highest BCUT2D eigenvalue weighted by atomic mass is 15.2. The van der Waals surface area contributed by atoms with Gasteiger partial charge in [0.2, 0.25) is 0 Å². The lowest BCUT2D eigenvalue weighted by atomic mass is 9.82. The molecule has 1 aliphatic heterocycles. The van der Waals surface area contributed by atoms with Crippen molar-refractivity contribution < 1.29 is 0 Å². The first-order chi connectivity index (χ1) is 9.52. The summed E-state index contributed by atoms with van der Waals surface area (Å²) >= 11 is 0. The predicted octanol–water partition coefficient (Wildman–Crippen LogP) is 3.81. The number of likely N-dealkylation sites (tertiary alicyclic amines) is 1. The summed E-state index contributed by atoms with van der Waals surface area (Å²) in [6.07, 6.45) is 11.7. The standard InChI is InChI=1S/C18H34N2/c1-18(2,3)20-11-9-16(10-12-20)19-17-6-4-5-15(13-17)14-7-8-14/h14-17,19H,4-13H2,1-3H3. The minimum Gasteiger partial charge on any atom is -0.311 e. The molecule has 1 N–H and O–H groups in total. The third-order valence-electron chi connectivity index (χ3n) is 5.92. The zero-order valence-electron chi connectivity index (χ0n) is 13.8. The normalized spacial score (nSPS) is 34.4. The van der Waals surface area contributed by atoms with Crippen LogP contribution in [0.15, 0.2) is 0 Å². The summed E-state index contributed by atoms with van der Waals surface area (Å²) in [5.74, 6) is 2.18. The molecule has 20 heavy (non-hydrogen) atoms. The Morgan fingerprint density at radius 3 is 2.10 bits per heavy atom. The molecule has 3 fully saturated rings. The van der Waals surface area contributed by atoms with Crippen molar-refractivity contribution in [3.05, 3.63) is 0 Å². The number of hydrogen-bond donors (Lipinski definition) is 1. The molecule has 0 radical (unpaired) electrons. The van der Waals surface area contributed by atoms with E-state index < -0.39 is 0 Å². The molecule has 3 rings (SSSR count). The summed E-state index contributed by atoms with van der Waals surface area (Å²) in [5.41, 5.74) is 0.354. The Morgan fingerprint density at radius 2 is 1.50 bits per heavy atom. The van der Waals surface area contributed by atoms with E-state index in [1.165, 1.54) is 64.5 Å². The maximum Gasteiger partial charge on any atom is 0.0125 e. The molecule has 0 amide bonds. The number of nitrogens with one attached hydrogen (secondary N) is 1.